The molecule has 7 nitrogen and oxygen atoms in total. The lowest BCUT2D eigenvalue weighted by atomic mass is 9.73. The van der Waals surface area contributed by atoms with Gasteiger partial charge in [-0.3, -0.25) is 0 Å². The van der Waals surface area contributed by atoms with Gasteiger partial charge in [-0.2, -0.15) is 10.4 Å². The molecule has 0 aliphatic carbocycles. The SMILES string of the molecule is CCCC(CCCC(C#N)C1(c2ccccc2)C=NN=N1)C1(c2ccccc2)C=NN=N1. The van der Waals surface area contributed by atoms with Crippen molar-refractivity contribution < 1.29 is 0 Å². The van der Waals surface area contributed by atoms with E-state index >= 15 is 0 Å². The Hall–Kier alpha value is -3.53. The minimum absolute atomic E-state index is 0.246. The Morgan fingerprint density at radius 3 is 1.84 bits per heavy atom. The third kappa shape index (κ3) is 4.01. The molecule has 0 radical (unpaired) electrons. The molecule has 2 aliphatic rings. The average Bonchev–Trinajstić information content (AvgIpc) is 3.54. The van der Waals surface area contributed by atoms with E-state index in [4.69, 9.17) is 0 Å². The fraction of sp³-hybridized carbons (Fsp3) is 0.400. The van der Waals surface area contributed by atoms with Crippen molar-refractivity contribution >= 4 is 12.4 Å². The zero-order valence-electron chi connectivity index (χ0n) is 18.2. The average molecular weight is 426 g/mol. The molecule has 7 heteroatoms. The van der Waals surface area contributed by atoms with Crippen molar-refractivity contribution in [3.8, 4) is 6.07 Å². The van der Waals surface area contributed by atoms with Gasteiger partial charge in [0.05, 0.1) is 24.4 Å². The first-order valence-corrected chi connectivity index (χ1v) is 11.2. The fourth-order valence-electron chi connectivity index (χ4n) is 4.82. The number of hydrogen-bond acceptors (Lipinski definition) is 7. The summed E-state index contributed by atoms with van der Waals surface area (Å²) in [5, 5.41) is 35.0. The van der Waals surface area contributed by atoms with Crippen LogP contribution in [0, 0.1) is 23.2 Å². The Labute approximate surface area is 188 Å². The van der Waals surface area contributed by atoms with E-state index in [1.807, 2.05) is 54.7 Å². The maximum Gasteiger partial charge on any atom is 0.161 e. The molecule has 4 rings (SSSR count). The second kappa shape index (κ2) is 9.73. The Kier molecular flexibility index (Phi) is 6.60. The van der Waals surface area contributed by atoms with Gasteiger partial charge in [0.2, 0.25) is 0 Å². The highest BCUT2D eigenvalue weighted by Crippen LogP contribution is 2.43. The number of hydrogen-bond donors (Lipinski definition) is 0. The van der Waals surface area contributed by atoms with Crippen molar-refractivity contribution in [1.82, 2.24) is 0 Å². The van der Waals surface area contributed by atoms with Crippen LogP contribution in [-0.2, 0) is 11.1 Å². The van der Waals surface area contributed by atoms with Gasteiger partial charge in [-0.15, -0.1) is 15.3 Å². The summed E-state index contributed by atoms with van der Waals surface area (Å²) in [7, 11) is 0. The van der Waals surface area contributed by atoms with E-state index in [0.29, 0.717) is 6.42 Å². The highest BCUT2D eigenvalue weighted by atomic mass is 15.4. The lowest BCUT2D eigenvalue weighted by Crippen LogP contribution is -2.35. The number of benzene rings is 2. The minimum Gasteiger partial charge on any atom is -0.198 e. The number of nitriles is 1. The molecule has 2 aromatic carbocycles. The normalized spacial score (nSPS) is 25.1. The van der Waals surface area contributed by atoms with E-state index in [-0.39, 0.29) is 11.8 Å². The maximum atomic E-state index is 10.1. The molecule has 0 N–H and O–H groups in total. The number of nitrogens with zero attached hydrogens (tertiary/aromatic N) is 7. The van der Waals surface area contributed by atoms with Gasteiger partial charge in [0.15, 0.2) is 5.54 Å². The molecule has 0 saturated carbocycles. The Morgan fingerprint density at radius 2 is 1.34 bits per heavy atom. The molecular weight excluding hydrogens is 398 g/mol. The standard InChI is InChI=1S/C25H27N7/c1-2-10-20(24(18-27-31-29-24)21-11-5-3-6-12-21)15-9-16-23(17-26)25(19-28-32-30-25)22-13-7-4-8-14-22/h3-8,11-14,18-20,23H,2,9-10,15-16H2,1H3. The lowest BCUT2D eigenvalue weighted by molar-refractivity contribution is 0.297. The van der Waals surface area contributed by atoms with Crippen molar-refractivity contribution in [1.29, 1.82) is 5.26 Å². The van der Waals surface area contributed by atoms with Crippen LogP contribution in [-0.4, -0.2) is 12.4 Å². The van der Waals surface area contributed by atoms with Gasteiger partial charge in [-0.05, 0) is 46.8 Å². The van der Waals surface area contributed by atoms with Crippen LogP contribution in [0.4, 0.5) is 0 Å². The van der Waals surface area contributed by atoms with Gasteiger partial charge < -0.3 is 0 Å². The van der Waals surface area contributed by atoms with Crippen LogP contribution < -0.4 is 0 Å². The van der Waals surface area contributed by atoms with Gasteiger partial charge in [-0.1, -0.05) is 80.4 Å². The zero-order valence-corrected chi connectivity index (χ0v) is 18.2. The molecule has 4 atom stereocenters. The Morgan fingerprint density at radius 1 is 0.781 bits per heavy atom. The van der Waals surface area contributed by atoms with Crippen LogP contribution in [0.5, 0.6) is 0 Å². The largest absolute Gasteiger partial charge is 0.198 e. The molecule has 4 unspecified atom stereocenters. The molecule has 0 bridgehead atoms. The first-order valence-electron chi connectivity index (χ1n) is 11.2. The summed E-state index contributed by atoms with van der Waals surface area (Å²) in [6.45, 7) is 2.19. The van der Waals surface area contributed by atoms with E-state index in [2.05, 4.69) is 56.0 Å². The van der Waals surface area contributed by atoms with E-state index < -0.39 is 11.1 Å². The Bertz CT molecular complexity index is 1030. The third-order valence-corrected chi connectivity index (χ3v) is 6.50. The van der Waals surface area contributed by atoms with Crippen LogP contribution in [0.25, 0.3) is 0 Å². The van der Waals surface area contributed by atoms with Crippen molar-refractivity contribution in [3.63, 3.8) is 0 Å². The van der Waals surface area contributed by atoms with Crippen LogP contribution in [0.3, 0.4) is 0 Å². The van der Waals surface area contributed by atoms with Crippen LogP contribution >= 0.6 is 0 Å². The molecular formula is C25H27N7. The van der Waals surface area contributed by atoms with Crippen LogP contribution in [0.2, 0.25) is 0 Å². The molecule has 0 saturated heterocycles. The number of rotatable bonds is 10. The quantitative estimate of drug-likeness (QED) is 0.432. The molecule has 2 heterocycles. The molecule has 32 heavy (non-hydrogen) atoms. The van der Waals surface area contributed by atoms with Gasteiger partial charge >= 0.3 is 0 Å². The van der Waals surface area contributed by atoms with Crippen LogP contribution in [0.15, 0.2) is 91.5 Å². The molecule has 162 valence electrons. The van der Waals surface area contributed by atoms with Crippen molar-refractivity contribution in [2.75, 3.05) is 0 Å². The first-order chi connectivity index (χ1) is 15.7. The molecule has 2 aromatic rings. The highest BCUT2D eigenvalue weighted by molar-refractivity contribution is 5.76. The van der Waals surface area contributed by atoms with E-state index in [1.165, 1.54) is 0 Å². The third-order valence-electron chi connectivity index (χ3n) is 6.50. The maximum absolute atomic E-state index is 10.1. The highest BCUT2D eigenvalue weighted by Gasteiger charge is 2.44. The predicted octanol–water partition coefficient (Wildman–Crippen LogP) is 6.41. The minimum atomic E-state index is -0.818. The second-order valence-corrected chi connectivity index (χ2v) is 8.35. The van der Waals surface area contributed by atoms with E-state index in [1.54, 1.807) is 6.21 Å². The van der Waals surface area contributed by atoms with Crippen molar-refractivity contribution in [2.24, 2.45) is 42.7 Å². The summed E-state index contributed by atoms with van der Waals surface area (Å²) >= 11 is 0. The molecule has 0 amide bonds. The van der Waals surface area contributed by atoms with Crippen LogP contribution in [0.1, 0.15) is 50.2 Å². The summed E-state index contributed by atoms with van der Waals surface area (Å²) < 4.78 is 0. The Balaban J connectivity index is 1.53. The summed E-state index contributed by atoms with van der Waals surface area (Å²) in [6.07, 6.45) is 8.09. The summed E-state index contributed by atoms with van der Waals surface area (Å²) in [5.74, 6) is -0.107. The molecule has 0 spiro atoms. The zero-order chi connectivity index (χ0) is 22.3. The molecule has 2 aliphatic heterocycles. The molecule has 0 fully saturated rings. The van der Waals surface area contributed by atoms with E-state index in [0.717, 1.165) is 36.8 Å². The topological polar surface area (TPSA) is 97.9 Å². The second-order valence-electron chi connectivity index (χ2n) is 8.35. The monoisotopic (exact) mass is 425 g/mol. The van der Waals surface area contributed by atoms with Gasteiger partial charge in [0.25, 0.3) is 0 Å². The van der Waals surface area contributed by atoms with Gasteiger partial charge in [0, 0.05) is 0 Å². The fourth-order valence-corrected chi connectivity index (χ4v) is 4.82. The predicted molar refractivity (Wildman–Crippen MR) is 124 cm³/mol. The molecule has 0 aromatic heterocycles. The summed E-state index contributed by atoms with van der Waals surface area (Å²) in [5.41, 5.74) is 0.698. The smallest absolute Gasteiger partial charge is 0.161 e. The van der Waals surface area contributed by atoms with Gasteiger partial charge in [-0.25, -0.2) is 0 Å². The summed E-state index contributed by atoms with van der Waals surface area (Å²) in [6, 6.07) is 22.6. The van der Waals surface area contributed by atoms with E-state index in [9.17, 15) is 5.26 Å². The summed E-state index contributed by atoms with van der Waals surface area (Å²) in [4.78, 5) is 0. The lowest BCUT2D eigenvalue weighted by Gasteiger charge is -2.32. The van der Waals surface area contributed by atoms with Gasteiger partial charge in [0.1, 0.15) is 5.54 Å². The van der Waals surface area contributed by atoms with Crippen molar-refractivity contribution in [3.05, 3.63) is 71.8 Å². The first kappa shape index (κ1) is 21.7. The van der Waals surface area contributed by atoms with Crippen molar-refractivity contribution in [2.45, 2.75) is 50.1 Å².